The monoisotopic (exact) mass is 290 g/mol. The molecule has 0 unspecified atom stereocenters. The van der Waals surface area contributed by atoms with Crippen molar-refractivity contribution in [1.29, 1.82) is 0 Å². The first kappa shape index (κ1) is 12.5. The number of hydrogen-bond acceptors (Lipinski definition) is 2. The van der Waals surface area contributed by atoms with E-state index in [1.165, 1.54) is 0 Å². The van der Waals surface area contributed by atoms with Gasteiger partial charge in [0.25, 0.3) is 0 Å². The molecule has 0 atom stereocenters. The highest BCUT2D eigenvalue weighted by molar-refractivity contribution is 9.10. The molecular formula is C11H12BrClO2. The number of rotatable bonds is 1. The molecule has 1 aromatic carbocycles. The Hall–Kier alpha value is -0.540. The minimum Gasteiger partial charge on any atom is -0.456 e. The van der Waals surface area contributed by atoms with E-state index in [4.69, 9.17) is 16.3 Å². The second-order valence-electron chi connectivity index (χ2n) is 4.13. The Morgan fingerprint density at radius 1 is 1.40 bits per heavy atom. The minimum atomic E-state index is -0.490. The van der Waals surface area contributed by atoms with Crippen LogP contribution in [0.5, 0.6) is 0 Å². The topological polar surface area (TPSA) is 26.3 Å². The minimum absolute atomic E-state index is 0.356. The highest BCUT2D eigenvalue weighted by Crippen LogP contribution is 2.23. The average Bonchev–Trinajstić information content (AvgIpc) is 1.99. The van der Waals surface area contributed by atoms with Crippen molar-refractivity contribution in [2.45, 2.75) is 26.4 Å². The number of benzene rings is 1. The molecule has 4 heteroatoms. The van der Waals surface area contributed by atoms with Crippen LogP contribution in [0.3, 0.4) is 0 Å². The van der Waals surface area contributed by atoms with Crippen molar-refractivity contribution in [2.24, 2.45) is 0 Å². The second kappa shape index (κ2) is 4.54. The summed E-state index contributed by atoms with van der Waals surface area (Å²) in [6.45, 7) is 5.48. The Labute approximate surface area is 103 Å². The number of hydrogen-bond donors (Lipinski definition) is 0. The van der Waals surface area contributed by atoms with E-state index >= 15 is 0 Å². The summed E-state index contributed by atoms with van der Waals surface area (Å²) in [7, 11) is 0. The van der Waals surface area contributed by atoms with Gasteiger partial charge in [-0.3, -0.25) is 0 Å². The summed E-state index contributed by atoms with van der Waals surface area (Å²) in [6, 6.07) is 4.97. The quantitative estimate of drug-likeness (QED) is 0.729. The van der Waals surface area contributed by atoms with Crippen LogP contribution in [-0.2, 0) is 4.74 Å². The first-order valence-electron chi connectivity index (χ1n) is 4.48. The summed E-state index contributed by atoms with van der Waals surface area (Å²) in [4.78, 5) is 11.7. The summed E-state index contributed by atoms with van der Waals surface area (Å²) in [5.41, 5.74) is -0.00906. The molecule has 0 aromatic heterocycles. The lowest BCUT2D eigenvalue weighted by Crippen LogP contribution is -2.24. The molecular weight excluding hydrogens is 279 g/mol. The predicted octanol–water partition coefficient (Wildman–Crippen LogP) is 4.06. The Morgan fingerprint density at radius 3 is 2.47 bits per heavy atom. The molecule has 0 aliphatic heterocycles. The zero-order chi connectivity index (χ0) is 11.6. The maximum absolute atomic E-state index is 11.7. The molecule has 0 aliphatic rings. The predicted molar refractivity (Wildman–Crippen MR) is 64.3 cm³/mol. The van der Waals surface area contributed by atoms with E-state index in [0.29, 0.717) is 15.1 Å². The van der Waals surface area contributed by atoms with E-state index in [1.807, 2.05) is 20.8 Å². The van der Waals surface area contributed by atoms with Gasteiger partial charge in [-0.15, -0.1) is 0 Å². The molecule has 0 radical (unpaired) electrons. The smallest absolute Gasteiger partial charge is 0.339 e. The van der Waals surface area contributed by atoms with Gasteiger partial charge in [-0.1, -0.05) is 11.6 Å². The molecule has 82 valence electrons. The van der Waals surface area contributed by atoms with Crippen molar-refractivity contribution in [2.75, 3.05) is 0 Å². The van der Waals surface area contributed by atoms with E-state index in [0.717, 1.165) is 0 Å². The summed E-state index contributed by atoms with van der Waals surface area (Å²) in [5.74, 6) is -0.356. The molecule has 1 aromatic rings. The van der Waals surface area contributed by atoms with Crippen LogP contribution >= 0.6 is 27.5 Å². The highest BCUT2D eigenvalue weighted by Gasteiger charge is 2.19. The Kier molecular flexibility index (Phi) is 3.79. The maximum Gasteiger partial charge on any atom is 0.339 e. The zero-order valence-electron chi connectivity index (χ0n) is 8.80. The fourth-order valence-electron chi connectivity index (χ4n) is 0.988. The lowest BCUT2D eigenvalue weighted by Gasteiger charge is -2.19. The van der Waals surface area contributed by atoms with Crippen molar-refractivity contribution in [3.8, 4) is 0 Å². The molecule has 15 heavy (non-hydrogen) atoms. The first-order chi connectivity index (χ1) is 6.79. The number of esters is 1. The third-order valence-corrected chi connectivity index (χ3v) is 2.44. The van der Waals surface area contributed by atoms with Crippen molar-refractivity contribution < 1.29 is 9.53 Å². The van der Waals surface area contributed by atoms with Gasteiger partial charge in [0.1, 0.15) is 5.60 Å². The van der Waals surface area contributed by atoms with Crippen molar-refractivity contribution in [3.63, 3.8) is 0 Å². The molecule has 0 bridgehead atoms. The van der Waals surface area contributed by atoms with E-state index in [9.17, 15) is 4.79 Å². The molecule has 1 rings (SSSR count). The normalized spacial score (nSPS) is 11.3. The molecule has 2 nitrogen and oxygen atoms in total. The SMILES string of the molecule is CC(C)(C)OC(=O)c1ccc(Cl)cc1Br. The first-order valence-corrected chi connectivity index (χ1v) is 5.65. The highest BCUT2D eigenvalue weighted by atomic mass is 79.9. The van der Waals surface area contributed by atoms with E-state index < -0.39 is 5.60 Å². The average molecular weight is 292 g/mol. The van der Waals surface area contributed by atoms with Crippen LogP contribution in [0.4, 0.5) is 0 Å². The van der Waals surface area contributed by atoms with Gasteiger partial charge in [0, 0.05) is 9.50 Å². The summed E-state index contributed by atoms with van der Waals surface area (Å²) in [6.07, 6.45) is 0. The fourth-order valence-corrected chi connectivity index (χ4v) is 1.83. The third kappa shape index (κ3) is 3.84. The van der Waals surface area contributed by atoms with Gasteiger partial charge in [0.05, 0.1) is 5.56 Å². The van der Waals surface area contributed by atoms with Crippen molar-refractivity contribution in [3.05, 3.63) is 33.3 Å². The van der Waals surface area contributed by atoms with Crippen LogP contribution in [0.25, 0.3) is 0 Å². The van der Waals surface area contributed by atoms with Gasteiger partial charge in [-0.2, -0.15) is 0 Å². The molecule has 0 N–H and O–H groups in total. The van der Waals surface area contributed by atoms with E-state index in [1.54, 1.807) is 18.2 Å². The van der Waals surface area contributed by atoms with Gasteiger partial charge in [0.15, 0.2) is 0 Å². The van der Waals surface area contributed by atoms with Crippen LogP contribution in [0.2, 0.25) is 5.02 Å². The fraction of sp³-hybridized carbons (Fsp3) is 0.364. The third-order valence-electron chi connectivity index (χ3n) is 1.55. The van der Waals surface area contributed by atoms with Gasteiger partial charge >= 0.3 is 5.97 Å². The zero-order valence-corrected chi connectivity index (χ0v) is 11.1. The van der Waals surface area contributed by atoms with Gasteiger partial charge in [-0.25, -0.2) is 4.79 Å². The summed E-state index contributed by atoms with van der Waals surface area (Å²) < 4.78 is 5.88. The van der Waals surface area contributed by atoms with Crippen LogP contribution in [0.15, 0.2) is 22.7 Å². The van der Waals surface area contributed by atoms with Gasteiger partial charge in [-0.05, 0) is 54.9 Å². The Balaban J connectivity index is 2.92. The molecule has 0 aliphatic carbocycles. The number of ether oxygens (including phenoxy) is 1. The van der Waals surface area contributed by atoms with Crippen LogP contribution in [0.1, 0.15) is 31.1 Å². The molecule has 0 fully saturated rings. The van der Waals surface area contributed by atoms with E-state index in [-0.39, 0.29) is 5.97 Å². The molecule has 0 amide bonds. The van der Waals surface area contributed by atoms with Crippen molar-refractivity contribution in [1.82, 2.24) is 0 Å². The Bertz CT molecular complexity index is 383. The summed E-state index contributed by atoms with van der Waals surface area (Å²) >= 11 is 9.04. The Morgan fingerprint density at radius 2 is 2.00 bits per heavy atom. The number of carbonyl (C=O) groups excluding carboxylic acids is 1. The van der Waals surface area contributed by atoms with Gasteiger partial charge < -0.3 is 4.74 Å². The van der Waals surface area contributed by atoms with Crippen LogP contribution < -0.4 is 0 Å². The van der Waals surface area contributed by atoms with Crippen LogP contribution in [0, 0.1) is 0 Å². The number of carbonyl (C=O) groups is 1. The second-order valence-corrected chi connectivity index (χ2v) is 5.42. The largest absolute Gasteiger partial charge is 0.456 e. The standard InChI is InChI=1S/C11H12BrClO2/c1-11(2,3)15-10(14)8-5-4-7(13)6-9(8)12/h4-6H,1-3H3. The van der Waals surface area contributed by atoms with Crippen LogP contribution in [-0.4, -0.2) is 11.6 Å². The van der Waals surface area contributed by atoms with Crippen molar-refractivity contribution >= 4 is 33.5 Å². The number of halogens is 2. The molecule has 0 spiro atoms. The maximum atomic E-state index is 11.7. The lowest BCUT2D eigenvalue weighted by atomic mass is 10.2. The molecule has 0 heterocycles. The van der Waals surface area contributed by atoms with E-state index in [2.05, 4.69) is 15.9 Å². The summed E-state index contributed by atoms with van der Waals surface area (Å²) in [5, 5.41) is 0.578. The molecule has 0 saturated heterocycles. The lowest BCUT2D eigenvalue weighted by molar-refractivity contribution is 0.00685. The van der Waals surface area contributed by atoms with Gasteiger partial charge in [0.2, 0.25) is 0 Å². The molecule has 0 saturated carbocycles.